The van der Waals surface area contributed by atoms with Crippen molar-refractivity contribution in [2.75, 3.05) is 18.1 Å². The Labute approximate surface area is 123 Å². The van der Waals surface area contributed by atoms with Crippen LogP contribution in [0.3, 0.4) is 0 Å². The lowest BCUT2D eigenvalue weighted by molar-refractivity contribution is -0.120. The van der Waals surface area contributed by atoms with E-state index in [2.05, 4.69) is 10.3 Å². The smallest absolute Gasteiger partial charge is 0.242 e. The van der Waals surface area contributed by atoms with Gasteiger partial charge in [-0.25, -0.2) is 13.4 Å². The minimum absolute atomic E-state index is 0.332. The molecule has 110 valence electrons. The molecule has 0 unspecified atom stereocenters. The lowest BCUT2D eigenvalue weighted by Crippen LogP contribution is -2.49. The minimum atomic E-state index is -3.38. The zero-order valence-corrected chi connectivity index (χ0v) is 12.6. The summed E-state index contributed by atoms with van der Waals surface area (Å²) in [6, 6.07) is 2.53. The van der Waals surface area contributed by atoms with Gasteiger partial charge in [-0.2, -0.15) is 4.31 Å². The maximum Gasteiger partial charge on any atom is 0.242 e. The fourth-order valence-corrected chi connectivity index (χ4v) is 3.48. The fraction of sp³-hybridized carbons (Fsp3) is 0.500. The van der Waals surface area contributed by atoms with E-state index < -0.39 is 16.1 Å². The third-order valence-electron chi connectivity index (χ3n) is 3.18. The Morgan fingerprint density at radius 3 is 2.80 bits per heavy atom. The van der Waals surface area contributed by atoms with Crippen molar-refractivity contribution in [3.63, 3.8) is 0 Å². The molecule has 0 aromatic carbocycles. The van der Waals surface area contributed by atoms with Crippen molar-refractivity contribution in [1.29, 1.82) is 0 Å². The molecule has 0 spiro atoms. The van der Waals surface area contributed by atoms with Gasteiger partial charge in [0.1, 0.15) is 11.2 Å². The van der Waals surface area contributed by atoms with Crippen LogP contribution in [0.4, 0.5) is 5.69 Å². The van der Waals surface area contributed by atoms with Crippen LogP contribution in [0.15, 0.2) is 18.3 Å². The number of carbonyl (C=O) groups excluding carboxylic acids is 1. The molecule has 1 fully saturated rings. The molecule has 1 atom stereocenters. The van der Waals surface area contributed by atoms with E-state index >= 15 is 0 Å². The van der Waals surface area contributed by atoms with Gasteiger partial charge in [-0.1, -0.05) is 18.0 Å². The summed E-state index contributed by atoms with van der Waals surface area (Å²) in [5.41, 5.74) is 0.499. The highest BCUT2D eigenvalue weighted by Crippen LogP contribution is 2.21. The van der Waals surface area contributed by atoms with Gasteiger partial charge in [0.2, 0.25) is 15.9 Å². The standard InChI is InChI=1S/C12H16ClN3O3S/c1-20(18,19)16-7-3-2-4-10(16)12(17)15-9-5-6-11(13)14-8-9/h5-6,8,10H,2-4,7H2,1H3,(H,15,17)/t10-/m0/s1. The van der Waals surface area contributed by atoms with E-state index in [0.29, 0.717) is 23.8 Å². The monoisotopic (exact) mass is 317 g/mol. The van der Waals surface area contributed by atoms with Gasteiger partial charge in [-0.3, -0.25) is 4.79 Å². The van der Waals surface area contributed by atoms with Crippen molar-refractivity contribution in [1.82, 2.24) is 9.29 Å². The number of aromatic nitrogens is 1. The number of pyridine rings is 1. The second kappa shape index (κ2) is 6.07. The first-order chi connectivity index (χ1) is 9.38. The van der Waals surface area contributed by atoms with E-state index in [1.807, 2.05) is 0 Å². The number of hydrogen-bond donors (Lipinski definition) is 1. The number of anilines is 1. The summed E-state index contributed by atoms with van der Waals surface area (Å²) in [7, 11) is -3.38. The number of sulfonamides is 1. The van der Waals surface area contributed by atoms with E-state index in [0.717, 1.165) is 19.1 Å². The molecule has 1 aromatic heterocycles. The summed E-state index contributed by atoms with van der Waals surface area (Å²) in [5, 5.41) is 3.01. The highest BCUT2D eigenvalue weighted by Gasteiger charge is 2.34. The third kappa shape index (κ3) is 3.68. The Balaban J connectivity index is 2.12. The molecule has 20 heavy (non-hydrogen) atoms. The lowest BCUT2D eigenvalue weighted by Gasteiger charge is -2.32. The summed E-state index contributed by atoms with van der Waals surface area (Å²) in [4.78, 5) is 16.1. The van der Waals surface area contributed by atoms with Gasteiger partial charge < -0.3 is 5.32 Å². The molecule has 6 nitrogen and oxygen atoms in total. The van der Waals surface area contributed by atoms with Crippen LogP contribution < -0.4 is 5.32 Å². The molecule has 1 N–H and O–H groups in total. The van der Waals surface area contributed by atoms with E-state index in [9.17, 15) is 13.2 Å². The van der Waals surface area contributed by atoms with Crippen LogP contribution in [0.25, 0.3) is 0 Å². The number of piperidine rings is 1. The van der Waals surface area contributed by atoms with E-state index in [1.165, 1.54) is 10.5 Å². The molecule has 0 saturated carbocycles. The molecule has 2 rings (SSSR count). The summed E-state index contributed by atoms with van der Waals surface area (Å²) >= 11 is 5.67. The SMILES string of the molecule is CS(=O)(=O)N1CCCC[C@H]1C(=O)Nc1ccc(Cl)nc1. The van der Waals surface area contributed by atoms with Gasteiger partial charge in [0.05, 0.1) is 18.1 Å². The largest absolute Gasteiger partial charge is 0.323 e. The molecule has 1 aromatic rings. The Hall–Kier alpha value is -1.18. The van der Waals surface area contributed by atoms with Gasteiger partial charge in [-0.15, -0.1) is 0 Å². The molecule has 1 amide bonds. The normalized spacial score (nSPS) is 20.6. The number of nitrogens with zero attached hydrogens (tertiary/aromatic N) is 2. The average Bonchev–Trinajstić information content (AvgIpc) is 2.40. The molecular weight excluding hydrogens is 302 g/mol. The predicted molar refractivity (Wildman–Crippen MR) is 77.1 cm³/mol. The second-order valence-electron chi connectivity index (χ2n) is 4.74. The van der Waals surface area contributed by atoms with Crippen LogP contribution in [0, 0.1) is 0 Å². The van der Waals surface area contributed by atoms with Crippen LogP contribution in [-0.4, -0.2) is 42.5 Å². The van der Waals surface area contributed by atoms with Crippen molar-refractivity contribution in [2.45, 2.75) is 25.3 Å². The van der Waals surface area contributed by atoms with Crippen LogP contribution in [0.2, 0.25) is 5.15 Å². The molecular formula is C12H16ClN3O3S. The van der Waals surface area contributed by atoms with Gasteiger partial charge in [-0.05, 0) is 25.0 Å². The topological polar surface area (TPSA) is 79.4 Å². The van der Waals surface area contributed by atoms with Crippen molar-refractivity contribution >= 4 is 33.2 Å². The van der Waals surface area contributed by atoms with Gasteiger partial charge in [0.25, 0.3) is 0 Å². The molecule has 0 radical (unpaired) electrons. The first-order valence-electron chi connectivity index (χ1n) is 6.27. The second-order valence-corrected chi connectivity index (χ2v) is 7.07. The third-order valence-corrected chi connectivity index (χ3v) is 4.69. The Kier molecular flexibility index (Phi) is 4.62. The zero-order chi connectivity index (χ0) is 14.8. The summed E-state index contributed by atoms with van der Waals surface area (Å²) in [5.74, 6) is -0.334. The highest BCUT2D eigenvalue weighted by molar-refractivity contribution is 7.88. The highest BCUT2D eigenvalue weighted by atomic mass is 35.5. The maximum absolute atomic E-state index is 12.2. The number of hydrogen-bond acceptors (Lipinski definition) is 4. The first kappa shape index (κ1) is 15.2. The first-order valence-corrected chi connectivity index (χ1v) is 8.50. The molecule has 1 saturated heterocycles. The number of halogens is 1. The van der Waals surface area contributed by atoms with Crippen LogP contribution in [0.5, 0.6) is 0 Å². The van der Waals surface area contributed by atoms with Gasteiger partial charge >= 0.3 is 0 Å². The summed E-state index contributed by atoms with van der Waals surface area (Å²) in [6.07, 6.45) is 4.71. The lowest BCUT2D eigenvalue weighted by atomic mass is 10.0. The molecule has 0 bridgehead atoms. The quantitative estimate of drug-likeness (QED) is 0.857. The van der Waals surface area contributed by atoms with Crippen molar-refractivity contribution in [3.05, 3.63) is 23.5 Å². The molecule has 1 aliphatic rings. The average molecular weight is 318 g/mol. The van der Waals surface area contributed by atoms with Gasteiger partial charge in [0, 0.05) is 6.54 Å². The Morgan fingerprint density at radius 1 is 1.45 bits per heavy atom. The number of rotatable bonds is 3. The minimum Gasteiger partial charge on any atom is -0.323 e. The summed E-state index contributed by atoms with van der Waals surface area (Å²) < 4.78 is 24.7. The van der Waals surface area contributed by atoms with Crippen molar-refractivity contribution in [2.24, 2.45) is 0 Å². The Bertz CT molecular complexity index is 588. The van der Waals surface area contributed by atoms with E-state index in [1.54, 1.807) is 12.1 Å². The Morgan fingerprint density at radius 2 is 2.20 bits per heavy atom. The molecule has 0 aliphatic carbocycles. The zero-order valence-electron chi connectivity index (χ0n) is 11.0. The number of nitrogens with one attached hydrogen (secondary N) is 1. The number of amides is 1. The van der Waals surface area contributed by atoms with Crippen LogP contribution in [-0.2, 0) is 14.8 Å². The molecule has 8 heteroatoms. The van der Waals surface area contributed by atoms with Gasteiger partial charge in [0.15, 0.2) is 0 Å². The molecule has 1 aliphatic heterocycles. The van der Waals surface area contributed by atoms with Crippen LogP contribution >= 0.6 is 11.6 Å². The molecule has 2 heterocycles. The number of carbonyl (C=O) groups is 1. The maximum atomic E-state index is 12.2. The predicted octanol–water partition coefficient (Wildman–Crippen LogP) is 1.49. The van der Waals surface area contributed by atoms with Crippen molar-refractivity contribution in [3.8, 4) is 0 Å². The van der Waals surface area contributed by atoms with Crippen molar-refractivity contribution < 1.29 is 13.2 Å². The van der Waals surface area contributed by atoms with E-state index in [-0.39, 0.29) is 5.91 Å². The van der Waals surface area contributed by atoms with Crippen LogP contribution in [0.1, 0.15) is 19.3 Å². The van der Waals surface area contributed by atoms with E-state index in [4.69, 9.17) is 11.6 Å². The summed E-state index contributed by atoms with van der Waals surface area (Å²) in [6.45, 7) is 0.385. The fourth-order valence-electron chi connectivity index (χ4n) is 2.24.